The van der Waals surface area contributed by atoms with E-state index in [1.165, 1.54) is 10.6 Å². The molecule has 1 saturated heterocycles. The molecule has 1 aliphatic rings. The lowest BCUT2D eigenvalue weighted by atomic mass is 10.3. The summed E-state index contributed by atoms with van der Waals surface area (Å²) in [6, 6.07) is 0. The van der Waals surface area contributed by atoms with Gasteiger partial charge in [-0.2, -0.15) is 0 Å². The summed E-state index contributed by atoms with van der Waals surface area (Å²) < 4.78 is 29.4. The summed E-state index contributed by atoms with van der Waals surface area (Å²) >= 11 is 0. The Kier molecular flexibility index (Phi) is 7.42. The van der Waals surface area contributed by atoms with Crippen molar-refractivity contribution in [2.45, 2.75) is 13.3 Å². The Balaban J connectivity index is 2.13. The number of sulfonamides is 1. The number of carbonyl (C=O) groups is 1. The Labute approximate surface area is 121 Å². The minimum Gasteiger partial charge on any atom is -0.378 e. The van der Waals surface area contributed by atoms with Gasteiger partial charge in [-0.25, -0.2) is 12.7 Å². The van der Waals surface area contributed by atoms with Gasteiger partial charge in [-0.15, -0.1) is 0 Å². The average molecular weight is 307 g/mol. The lowest BCUT2D eigenvalue weighted by Gasteiger charge is -2.27. The Morgan fingerprint density at radius 1 is 1.35 bits per heavy atom. The van der Waals surface area contributed by atoms with Crippen LogP contribution in [0.3, 0.4) is 0 Å². The molecule has 0 atom stereocenters. The van der Waals surface area contributed by atoms with Crippen LogP contribution < -0.4 is 5.32 Å². The van der Waals surface area contributed by atoms with Crippen LogP contribution in [-0.4, -0.2) is 82.3 Å². The van der Waals surface area contributed by atoms with E-state index < -0.39 is 10.0 Å². The lowest BCUT2D eigenvalue weighted by molar-refractivity contribution is -0.134. The van der Waals surface area contributed by atoms with Gasteiger partial charge < -0.3 is 15.0 Å². The summed E-state index contributed by atoms with van der Waals surface area (Å²) in [5.74, 6) is 0.0729. The molecule has 1 amide bonds. The quantitative estimate of drug-likeness (QED) is 0.588. The van der Waals surface area contributed by atoms with E-state index in [0.717, 1.165) is 0 Å². The zero-order chi connectivity index (χ0) is 15.0. The third-order valence-electron chi connectivity index (χ3n) is 3.22. The SMILES string of the molecule is CCN(CCCNCC(=O)N1CCOCC1)S(C)(=O)=O. The van der Waals surface area contributed by atoms with Gasteiger partial charge in [-0.1, -0.05) is 6.92 Å². The van der Waals surface area contributed by atoms with Crippen LogP contribution >= 0.6 is 0 Å². The average Bonchev–Trinajstić information content (AvgIpc) is 2.42. The fraction of sp³-hybridized carbons (Fsp3) is 0.917. The fourth-order valence-corrected chi connectivity index (χ4v) is 2.99. The van der Waals surface area contributed by atoms with Crippen LogP contribution in [-0.2, 0) is 19.6 Å². The maximum absolute atomic E-state index is 11.8. The Morgan fingerprint density at radius 2 is 2.00 bits per heavy atom. The topological polar surface area (TPSA) is 79.0 Å². The molecule has 0 aromatic rings. The molecule has 1 rings (SSSR count). The van der Waals surface area contributed by atoms with Crippen molar-refractivity contribution in [3.8, 4) is 0 Å². The molecule has 0 spiro atoms. The van der Waals surface area contributed by atoms with E-state index in [9.17, 15) is 13.2 Å². The molecule has 1 N–H and O–H groups in total. The summed E-state index contributed by atoms with van der Waals surface area (Å²) in [7, 11) is -3.12. The number of nitrogens with one attached hydrogen (secondary N) is 1. The number of morpholine rings is 1. The summed E-state index contributed by atoms with van der Waals surface area (Å²) in [6.07, 6.45) is 1.91. The molecular weight excluding hydrogens is 282 g/mol. The molecule has 8 heteroatoms. The van der Waals surface area contributed by atoms with Gasteiger partial charge in [0, 0.05) is 26.2 Å². The summed E-state index contributed by atoms with van der Waals surface area (Å²) in [5.41, 5.74) is 0. The van der Waals surface area contributed by atoms with E-state index >= 15 is 0 Å². The van der Waals surface area contributed by atoms with Crippen molar-refractivity contribution < 1.29 is 17.9 Å². The van der Waals surface area contributed by atoms with Gasteiger partial charge in [0.1, 0.15) is 0 Å². The zero-order valence-electron chi connectivity index (χ0n) is 12.3. The van der Waals surface area contributed by atoms with E-state index in [1.807, 2.05) is 6.92 Å². The van der Waals surface area contributed by atoms with Gasteiger partial charge >= 0.3 is 0 Å². The highest BCUT2D eigenvalue weighted by Crippen LogP contribution is 1.99. The fourth-order valence-electron chi connectivity index (χ4n) is 2.06. The number of carbonyl (C=O) groups excluding carboxylic acids is 1. The van der Waals surface area contributed by atoms with Gasteiger partial charge in [-0.05, 0) is 13.0 Å². The monoisotopic (exact) mass is 307 g/mol. The number of rotatable bonds is 8. The second-order valence-corrected chi connectivity index (χ2v) is 6.76. The van der Waals surface area contributed by atoms with Crippen LogP contribution in [0, 0.1) is 0 Å². The molecule has 20 heavy (non-hydrogen) atoms. The lowest BCUT2D eigenvalue weighted by Crippen LogP contribution is -2.45. The van der Waals surface area contributed by atoms with E-state index in [0.29, 0.717) is 58.9 Å². The van der Waals surface area contributed by atoms with Gasteiger partial charge in [0.15, 0.2) is 0 Å². The van der Waals surface area contributed by atoms with Crippen molar-refractivity contribution >= 4 is 15.9 Å². The van der Waals surface area contributed by atoms with Crippen LogP contribution in [0.1, 0.15) is 13.3 Å². The highest BCUT2D eigenvalue weighted by atomic mass is 32.2. The van der Waals surface area contributed by atoms with Gasteiger partial charge in [0.05, 0.1) is 26.0 Å². The van der Waals surface area contributed by atoms with Crippen LogP contribution in [0.4, 0.5) is 0 Å². The molecule has 118 valence electrons. The van der Waals surface area contributed by atoms with Crippen molar-refractivity contribution in [1.82, 2.24) is 14.5 Å². The molecule has 0 aromatic heterocycles. The predicted molar refractivity (Wildman–Crippen MR) is 77.0 cm³/mol. The molecule has 1 fully saturated rings. The highest BCUT2D eigenvalue weighted by molar-refractivity contribution is 7.88. The van der Waals surface area contributed by atoms with Crippen molar-refractivity contribution in [2.75, 3.05) is 58.7 Å². The van der Waals surface area contributed by atoms with Crippen molar-refractivity contribution in [1.29, 1.82) is 0 Å². The van der Waals surface area contributed by atoms with Crippen molar-refractivity contribution in [3.63, 3.8) is 0 Å². The minimum absolute atomic E-state index is 0.0729. The number of nitrogens with zero attached hydrogens (tertiary/aromatic N) is 2. The van der Waals surface area contributed by atoms with E-state index in [-0.39, 0.29) is 5.91 Å². The first-order valence-electron chi connectivity index (χ1n) is 6.96. The number of hydrogen-bond acceptors (Lipinski definition) is 5. The molecule has 0 aromatic carbocycles. The summed E-state index contributed by atoms with van der Waals surface area (Å²) in [4.78, 5) is 13.6. The third-order valence-corrected chi connectivity index (χ3v) is 4.60. The molecule has 1 heterocycles. The maximum atomic E-state index is 11.8. The van der Waals surface area contributed by atoms with Gasteiger partial charge in [0.2, 0.25) is 15.9 Å². The molecule has 0 saturated carbocycles. The molecule has 0 bridgehead atoms. The maximum Gasteiger partial charge on any atom is 0.236 e. The Morgan fingerprint density at radius 3 is 2.55 bits per heavy atom. The largest absolute Gasteiger partial charge is 0.378 e. The standard InChI is InChI=1S/C12H25N3O4S/c1-3-15(20(2,17)18)6-4-5-13-11-12(16)14-7-9-19-10-8-14/h13H,3-11H2,1-2H3. The van der Waals surface area contributed by atoms with Crippen LogP contribution in [0.5, 0.6) is 0 Å². The molecule has 0 radical (unpaired) electrons. The summed E-state index contributed by atoms with van der Waals surface area (Å²) in [5, 5.41) is 3.06. The van der Waals surface area contributed by atoms with E-state index in [4.69, 9.17) is 4.74 Å². The second kappa shape index (κ2) is 8.56. The molecule has 1 aliphatic heterocycles. The second-order valence-electron chi connectivity index (χ2n) is 4.78. The van der Waals surface area contributed by atoms with Crippen molar-refractivity contribution in [3.05, 3.63) is 0 Å². The van der Waals surface area contributed by atoms with Crippen LogP contribution in [0.25, 0.3) is 0 Å². The zero-order valence-corrected chi connectivity index (χ0v) is 13.1. The van der Waals surface area contributed by atoms with Crippen LogP contribution in [0.15, 0.2) is 0 Å². The third kappa shape index (κ3) is 6.17. The number of hydrogen-bond donors (Lipinski definition) is 1. The molecule has 0 unspecified atom stereocenters. The smallest absolute Gasteiger partial charge is 0.236 e. The molecule has 7 nitrogen and oxygen atoms in total. The molecule has 0 aliphatic carbocycles. The minimum atomic E-state index is -3.12. The Bertz CT molecular complexity index is 394. The number of amides is 1. The predicted octanol–water partition coefficient (Wildman–Crippen LogP) is -0.894. The Hall–Kier alpha value is -0.700. The molecular formula is C12H25N3O4S. The first-order chi connectivity index (χ1) is 9.45. The van der Waals surface area contributed by atoms with Crippen molar-refractivity contribution in [2.24, 2.45) is 0 Å². The van der Waals surface area contributed by atoms with Gasteiger partial charge in [0.25, 0.3) is 0 Å². The van der Waals surface area contributed by atoms with Gasteiger partial charge in [-0.3, -0.25) is 4.79 Å². The summed E-state index contributed by atoms with van der Waals surface area (Å²) in [6.45, 7) is 6.21. The number of ether oxygens (including phenoxy) is 1. The first-order valence-corrected chi connectivity index (χ1v) is 8.81. The van der Waals surface area contributed by atoms with Crippen LogP contribution in [0.2, 0.25) is 0 Å². The highest BCUT2D eigenvalue weighted by Gasteiger charge is 2.16. The normalized spacial score (nSPS) is 16.6. The van der Waals surface area contributed by atoms with E-state index in [2.05, 4.69) is 5.32 Å². The first kappa shape index (κ1) is 17.4. The van der Waals surface area contributed by atoms with E-state index in [1.54, 1.807) is 4.90 Å².